The molecule has 40 heavy (non-hydrogen) atoms. The van der Waals surface area contributed by atoms with Crippen LogP contribution in [0.1, 0.15) is 23.9 Å². The highest BCUT2D eigenvalue weighted by Gasteiger charge is 2.32. The van der Waals surface area contributed by atoms with Gasteiger partial charge in [-0.15, -0.1) is 0 Å². The molecule has 0 aliphatic carbocycles. The number of rotatable bonds is 9. The molecule has 3 N–H and O–H groups in total. The van der Waals surface area contributed by atoms with E-state index < -0.39 is 11.9 Å². The van der Waals surface area contributed by atoms with E-state index in [4.69, 9.17) is 4.98 Å². The van der Waals surface area contributed by atoms with E-state index in [0.717, 1.165) is 16.8 Å². The molecule has 0 unspecified atom stereocenters. The molecule has 204 valence electrons. The van der Waals surface area contributed by atoms with E-state index in [2.05, 4.69) is 40.6 Å². The summed E-state index contributed by atoms with van der Waals surface area (Å²) in [7, 11) is 0. The van der Waals surface area contributed by atoms with Crippen molar-refractivity contribution in [2.24, 2.45) is 0 Å². The Morgan fingerprint density at radius 2 is 1.73 bits per heavy atom. The summed E-state index contributed by atoms with van der Waals surface area (Å²) in [6, 6.07) is 15.6. The Morgan fingerprint density at radius 1 is 1.00 bits per heavy atom. The average Bonchev–Trinajstić information content (AvgIpc) is 3.35. The topological polar surface area (TPSA) is 65.6 Å². The molecule has 2 aromatic heterocycles. The first-order chi connectivity index (χ1) is 19.0. The van der Waals surface area contributed by atoms with Gasteiger partial charge in [0.2, 0.25) is 0 Å². The normalized spacial score (nSPS) is 12.3. The first-order valence-electron chi connectivity index (χ1n) is 12.2. The third kappa shape index (κ3) is 5.88. The van der Waals surface area contributed by atoms with Crippen LogP contribution in [0.25, 0.3) is 33.4 Å². The van der Waals surface area contributed by atoms with E-state index in [-0.39, 0.29) is 11.5 Å². The van der Waals surface area contributed by atoms with E-state index >= 15 is 0 Å². The highest BCUT2D eigenvalue weighted by molar-refractivity contribution is 5.92. The van der Waals surface area contributed by atoms with Gasteiger partial charge in [0.05, 0.1) is 16.9 Å². The summed E-state index contributed by atoms with van der Waals surface area (Å²) in [6.07, 6.45) is -0.101. The number of H-pyrrole nitrogens is 1. The minimum atomic E-state index is -4.60. The summed E-state index contributed by atoms with van der Waals surface area (Å²) < 4.78 is 53.4. The largest absolute Gasteiger partial charge is 0.430 e. The minimum absolute atomic E-state index is 0.112. The number of pyridine rings is 1. The van der Waals surface area contributed by atoms with E-state index in [1.807, 2.05) is 25.1 Å². The zero-order valence-electron chi connectivity index (χ0n) is 22.0. The first kappa shape index (κ1) is 28.1. The molecule has 0 aliphatic rings. The van der Waals surface area contributed by atoms with Crippen LogP contribution in [0.3, 0.4) is 0 Å². The van der Waals surface area contributed by atoms with Gasteiger partial charge in [-0.25, -0.2) is 9.37 Å². The summed E-state index contributed by atoms with van der Waals surface area (Å²) in [5.41, 5.74) is 4.92. The van der Waals surface area contributed by atoms with Crippen LogP contribution in [-0.4, -0.2) is 21.4 Å². The molecule has 0 bridgehead atoms. The second kappa shape index (κ2) is 11.4. The first-order valence-corrected chi connectivity index (χ1v) is 12.2. The van der Waals surface area contributed by atoms with Crippen molar-refractivity contribution in [3.05, 3.63) is 127 Å². The van der Waals surface area contributed by atoms with Crippen LogP contribution in [0, 0.1) is 12.7 Å². The summed E-state index contributed by atoms with van der Waals surface area (Å²) in [6.45, 7) is 14.4. The van der Waals surface area contributed by atoms with E-state index in [9.17, 15) is 17.6 Å². The third-order valence-corrected chi connectivity index (χ3v) is 6.25. The van der Waals surface area contributed by atoms with Crippen LogP contribution in [0.4, 0.5) is 23.2 Å². The van der Waals surface area contributed by atoms with Gasteiger partial charge in [-0.1, -0.05) is 56.1 Å². The predicted octanol–water partition coefficient (Wildman–Crippen LogP) is 8.29. The second-order valence-corrected chi connectivity index (χ2v) is 8.88. The van der Waals surface area contributed by atoms with E-state index in [0.29, 0.717) is 39.3 Å². The maximum atomic E-state index is 14.5. The number of allylic oxidation sites excluding steroid dienone is 5. The van der Waals surface area contributed by atoms with Gasteiger partial charge in [0.1, 0.15) is 22.7 Å². The van der Waals surface area contributed by atoms with E-state index in [1.165, 1.54) is 18.2 Å². The molecule has 0 spiro atoms. The molecule has 0 amide bonds. The molecule has 2 aromatic carbocycles. The lowest BCUT2D eigenvalue weighted by Gasteiger charge is -2.15. The Labute approximate surface area is 229 Å². The fourth-order valence-electron chi connectivity index (χ4n) is 4.10. The fraction of sp³-hybridized carbons (Fsp3) is 0.0968. The number of alkyl halides is 3. The lowest BCUT2D eigenvalue weighted by molar-refractivity contribution is -0.0952. The zero-order chi connectivity index (χ0) is 29.0. The number of nitrogens with one attached hydrogen (secondary N) is 3. The second-order valence-electron chi connectivity index (χ2n) is 8.88. The maximum Gasteiger partial charge on any atom is 0.430 e. The van der Waals surface area contributed by atoms with Crippen LogP contribution >= 0.6 is 0 Å². The third-order valence-electron chi connectivity index (χ3n) is 6.25. The number of halogens is 4. The van der Waals surface area contributed by atoms with Gasteiger partial charge in [0, 0.05) is 16.9 Å². The number of anilines is 1. The van der Waals surface area contributed by atoms with Crippen LogP contribution in [-0.2, 0) is 0 Å². The van der Waals surface area contributed by atoms with Crippen molar-refractivity contribution in [3.8, 4) is 11.1 Å². The SMILES string of the molecule is C=C/C(=C\C(=C/C)c1ccc2[nH]nc(C(=C)Nc3cccc(-c4ccccc4F)c3C)c2n1)NC(=C)C(F)(F)F. The highest BCUT2D eigenvalue weighted by Crippen LogP contribution is 2.32. The summed E-state index contributed by atoms with van der Waals surface area (Å²) in [5.74, 6) is -0.317. The quantitative estimate of drug-likeness (QED) is 0.146. The smallest absolute Gasteiger partial charge is 0.354 e. The Morgan fingerprint density at radius 3 is 2.40 bits per heavy atom. The van der Waals surface area contributed by atoms with Gasteiger partial charge < -0.3 is 10.6 Å². The Balaban J connectivity index is 1.65. The summed E-state index contributed by atoms with van der Waals surface area (Å²) in [4.78, 5) is 4.72. The summed E-state index contributed by atoms with van der Waals surface area (Å²) >= 11 is 0. The summed E-state index contributed by atoms with van der Waals surface area (Å²) in [5, 5.41) is 12.8. The standard InChI is InChI=1S/C31H27F4N5/c1-6-21(17-22(7-2)37-20(5)31(33,34)35)27-15-16-28-30(38-27)29(40-39-28)19(4)36-26-14-10-12-23(18(26)3)24-11-8-9-13-25(24)32/h6-17,36-37H,2,4-5H2,1,3H3,(H,39,40)/b21-6+,22-17+. The molecule has 9 heteroatoms. The fourth-order valence-corrected chi connectivity index (χ4v) is 4.10. The minimum Gasteiger partial charge on any atom is -0.354 e. The molecule has 0 aliphatic heterocycles. The molecular weight excluding hydrogens is 518 g/mol. The molecule has 0 fully saturated rings. The Bertz CT molecular complexity index is 1670. The van der Waals surface area contributed by atoms with Crippen molar-refractivity contribution in [3.63, 3.8) is 0 Å². The van der Waals surface area contributed by atoms with Crippen molar-refractivity contribution in [1.82, 2.24) is 20.5 Å². The van der Waals surface area contributed by atoms with Gasteiger partial charge in [-0.05, 0) is 67.0 Å². The van der Waals surface area contributed by atoms with Gasteiger partial charge in [-0.3, -0.25) is 5.10 Å². The molecule has 4 rings (SSSR count). The predicted molar refractivity (Wildman–Crippen MR) is 153 cm³/mol. The number of nitrogens with zero attached hydrogens (tertiary/aromatic N) is 2. The number of hydrogen-bond acceptors (Lipinski definition) is 4. The van der Waals surface area contributed by atoms with Crippen molar-refractivity contribution >= 4 is 28.0 Å². The molecule has 0 saturated carbocycles. The van der Waals surface area contributed by atoms with Crippen LogP contribution in [0.2, 0.25) is 0 Å². The molecule has 0 atom stereocenters. The molecule has 2 heterocycles. The lowest BCUT2D eigenvalue weighted by Crippen LogP contribution is -2.24. The van der Waals surface area contributed by atoms with Crippen molar-refractivity contribution < 1.29 is 17.6 Å². The zero-order valence-corrected chi connectivity index (χ0v) is 22.0. The number of fused-ring (bicyclic) bond motifs is 1. The number of aromatic nitrogens is 3. The van der Waals surface area contributed by atoms with Crippen molar-refractivity contribution in [2.75, 3.05) is 5.32 Å². The van der Waals surface area contributed by atoms with Crippen LogP contribution in [0.5, 0.6) is 0 Å². The Hall–Kier alpha value is -4.92. The van der Waals surface area contributed by atoms with Crippen molar-refractivity contribution in [1.29, 1.82) is 0 Å². The van der Waals surface area contributed by atoms with Crippen LogP contribution in [0.15, 0.2) is 104 Å². The number of aromatic amines is 1. The van der Waals surface area contributed by atoms with Gasteiger partial charge in [0.15, 0.2) is 0 Å². The lowest BCUT2D eigenvalue weighted by atomic mass is 9.98. The average molecular weight is 546 g/mol. The van der Waals surface area contributed by atoms with Gasteiger partial charge in [-0.2, -0.15) is 18.3 Å². The number of hydrogen-bond donors (Lipinski definition) is 3. The monoisotopic (exact) mass is 545 g/mol. The Kier molecular flexibility index (Phi) is 8.04. The van der Waals surface area contributed by atoms with Gasteiger partial charge in [0.25, 0.3) is 0 Å². The highest BCUT2D eigenvalue weighted by atomic mass is 19.4. The van der Waals surface area contributed by atoms with Crippen LogP contribution < -0.4 is 10.6 Å². The van der Waals surface area contributed by atoms with Crippen molar-refractivity contribution in [2.45, 2.75) is 20.0 Å². The van der Waals surface area contributed by atoms with E-state index in [1.54, 1.807) is 43.3 Å². The molecule has 4 aromatic rings. The maximum absolute atomic E-state index is 14.5. The molecule has 0 saturated heterocycles. The molecule has 0 radical (unpaired) electrons. The molecular formula is C31H27F4N5. The van der Waals surface area contributed by atoms with Gasteiger partial charge >= 0.3 is 6.18 Å². The molecule has 5 nitrogen and oxygen atoms in total. The number of benzene rings is 2.